The fraction of sp³-hybridized carbons (Fsp3) is 0.250. The first kappa shape index (κ1) is 23.9. The number of aryl methyl sites for hydroxylation is 2. The van der Waals surface area contributed by atoms with Gasteiger partial charge in [-0.3, -0.25) is 29.1 Å². The zero-order chi connectivity index (χ0) is 25.4. The van der Waals surface area contributed by atoms with Crippen molar-refractivity contribution in [2.45, 2.75) is 26.3 Å². The summed E-state index contributed by atoms with van der Waals surface area (Å²) < 4.78 is 30.0. The monoisotopic (exact) mass is 504 g/mol. The van der Waals surface area contributed by atoms with Crippen molar-refractivity contribution in [1.82, 2.24) is 24.5 Å². The van der Waals surface area contributed by atoms with Gasteiger partial charge in [0, 0.05) is 36.7 Å². The Balaban J connectivity index is 1.76. The maximum Gasteiger partial charge on any atom is 0.306 e. The number of amides is 2. The maximum absolute atomic E-state index is 13.6. The van der Waals surface area contributed by atoms with Crippen LogP contribution in [0.15, 0.2) is 24.7 Å². The smallest absolute Gasteiger partial charge is 0.306 e. The summed E-state index contributed by atoms with van der Waals surface area (Å²) in [5.74, 6) is -1.41. The van der Waals surface area contributed by atoms with Crippen LogP contribution in [-0.2, 0) is 18.4 Å². The van der Waals surface area contributed by atoms with Crippen LogP contribution in [0.4, 0.5) is 20.2 Å². The summed E-state index contributed by atoms with van der Waals surface area (Å²) in [6.07, 6.45) is 0.728. The number of nitrogens with one attached hydrogen (secondary N) is 1. The first-order chi connectivity index (χ1) is 16.6. The lowest BCUT2D eigenvalue weighted by molar-refractivity contribution is -0.385. The fourth-order valence-electron chi connectivity index (χ4n) is 3.48. The Kier molecular flexibility index (Phi) is 6.26. The maximum atomic E-state index is 13.6. The first-order valence-electron chi connectivity index (χ1n) is 10.1. The number of carbonyl (C=O) groups is 2. The summed E-state index contributed by atoms with van der Waals surface area (Å²) in [5.41, 5.74) is 6.37. The Morgan fingerprint density at radius 2 is 2.03 bits per heavy atom. The molecule has 0 spiro atoms. The Morgan fingerprint density at radius 3 is 2.60 bits per heavy atom. The van der Waals surface area contributed by atoms with E-state index in [4.69, 9.17) is 5.73 Å². The second-order valence-corrected chi connectivity index (χ2v) is 8.53. The summed E-state index contributed by atoms with van der Waals surface area (Å²) in [6.45, 7) is 1.77. The van der Waals surface area contributed by atoms with Crippen molar-refractivity contribution in [2.24, 2.45) is 12.8 Å². The van der Waals surface area contributed by atoms with Crippen molar-refractivity contribution >= 4 is 44.7 Å². The summed E-state index contributed by atoms with van der Waals surface area (Å²) in [7, 11) is 1.69. The van der Waals surface area contributed by atoms with Crippen LogP contribution in [0.1, 0.15) is 33.9 Å². The van der Waals surface area contributed by atoms with Gasteiger partial charge in [0.15, 0.2) is 0 Å². The van der Waals surface area contributed by atoms with Crippen molar-refractivity contribution in [1.29, 1.82) is 0 Å². The van der Waals surface area contributed by atoms with Crippen molar-refractivity contribution in [2.75, 3.05) is 5.32 Å². The minimum atomic E-state index is -2.87. The highest BCUT2D eigenvalue weighted by molar-refractivity contribution is 7.21. The number of primary amides is 1. The van der Waals surface area contributed by atoms with E-state index in [1.807, 2.05) is 0 Å². The average molecular weight is 504 g/mol. The van der Waals surface area contributed by atoms with E-state index >= 15 is 0 Å². The van der Waals surface area contributed by atoms with Gasteiger partial charge < -0.3 is 11.1 Å². The first-order valence-corrected chi connectivity index (χ1v) is 10.9. The van der Waals surface area contributed by atoms with Crippen LogP contribution in [0.3, 0.4) is 0 Å². The zero-order valence-electron chi connectivity index (χ0n) is 18.4. The van der Waals surface area contributed by atoms with E-state index in [9.17, 15) is 28.5 Å². The van der Waals surface area contributed by atoms with Crippen molar-refractivity contribution in [3.63, 3.8) is 0 Å². The van der Waals surface area contributed by atoms with Gasteiger partial charge in [0.1, 0.15) is 27.8 Å². The molecule has 0 aliphatic heterocycles. The largest absolute Gasteiger partial charge is 0.365 e. The van der Waals surface area contributed by atoms with Gasteiger partial charge in [-0.15, -0.1) is 11.3 Å². The number of nitrogens with zero attached hydrogens (tertiary/aromatic N) is 6. The standard InChI is InChI=1S/C20H18F2N8O4S/c1-9-12(7-24-28(9)2)11-5-13(18(21)22)26-20-15(11)16(17(35-20)19(23)32)27-14(31)3-4-29-8-10(6-25-29)30(33)34/h5-8,18H,3-4H2,1-2H3,(H2,23,32)(H,27,31). The number of alkyl halides is 2. The van der Waals surface area contributed by atoms with E-state index in [1.165, 1.54) is 23.1 Å². The number of thiophene rings is 1. The number of carbonyl (C=O) groups excluding carboxylic acids is 2. The van der Waals surface area contributed by atoms with E-state index in [2.05, 4.69) is 20.5 Å². The van der Waals surface area contributed by atoms with Crippen molar-refractivity contribution < 1.29 is 23.3 Å². The van der Waals surface area contributed by atoms with Crippen LogP contribution in [0.2, 0.25) is 0 Å². The molecule has 0 aromatic carbocycles. The van der Waals surface area contributed by atoms with Gasteiger partial charge in [-0.25, -0.2) is 13.8 Å². The molecule has 12 nitrogen and oxygen atoms in total. The molecule has 0 unspecified atom stereocenters. The van der Waals surface area contributed by atoms with Crippen LogP contribution in [0.5, 0.6) is 0 Å². The number of anilines is 1. The summed E-state index contributed by atoms with van der Waals surface area (Å²) in [6, 6.07) is 1.20. The number of rotatable bonds is 8. The molecule has 182 valence electrons. The molecule has 0 aliphatic rings. The minimum Gasteiger partial charge on any atom is -0.365 e. The second kappa shape index (κ2) is 9.17. The molecule has 4 rings (SSSR count). The Bertz CT molecular complexity index is 1480. The Labute approximate surface area is 199 Å². The van der Waals surface area contributed by atoms with Crippen LogP contribution in [0.25, 0.3) is 21.3 Å². The van der Waals surface area contributed by atoms with E-state index in [0.29, 0.717) is 16.8 Å². The molecule has 0 aliphatic carbocycles. The second-order valence-electron chi connectivity index (χ2n) is 7.53. The van der Waals surface area contributed by atoms with E-state index in [1.54, 1.807) is 18.7 Å². The Hall–Kier alpha value is -4.27. The van der Waals surface area contributed by atoms with Gasteiger partial charge in [0.2, 0.25) is 5.91 Å². The third kappa shape index (κ3) is 4.57. The topological polar surface area (TPSA) is 164 Å². The third-order valence-corrected chi connectivity index (χ3v) is 6.42. The molecule has 0 bridgehead atoms. The minimum absolute atomic E-state index is 0.0238. The van der Waals surface area contributed by atoms with Gasteiger partial charge in [0.25, 0.3) is 12.3 Å². The fourth-order valence-corrected chi connectivity index (χ4v) is 4.50. The summed E-state index contributed by atoms with van der Waals surface area (Å²) >= 11 is 0.795. The van der Waals surface area contributed by atoms with Crippen LogP contribution < -0.4 is 11.1 Å². The zero-order valence-corrected chi connectivity index (χ0v) is 19.2. The van der Waals surface area contributed by atoms with Gasteiger partial charge in [-0.2, -0.15) is 10.2 Å². The number of nitrogens with two attached hydrogens (primary N) is 1. The lowest BCUT2D eigenvalue weighted by Crippen LogP contribution is -2.18. The van der Waals surface area contributed by atoms with Crippen LogP contribution in [-0.4, -0.2) is 41.3 Å². The number of pyridine rings is 1. The third-order valence-electron chi connectivity index (χ3n) is 5.32. The lowest BCUT2D eigenvalue weighted by Gasteiger charge is -2.11. The quantitative estimate of drug-likeness (QED) is 0.275. The molecule has 2 amide bonds. The van der Waals surface area contributed by atoms with Crippen LogP contribution >= 0.6 is 11.3 Å². The molecular formula is C20H18F2N8O4S. The molecule has 3 N–H and O–H groups in total. The molecule has 0 saturated heterocycles. The highest BCUT2D eigenvalue weighted by Gasteiger charge is 2.26. The molecular weight excluding hydrogens is 486 g/mol. The van der Waals surface area contributed by atoms with Crippen LogP contribution in [0, 0.1) is 17.0 Å². The van der Waals surface area contributed by atoms with Gasteiger partial charge in [-0.1, -0.05) is 0 Å². The average Bonchev–Trinajstić information content (AvgIpc) is 3.50. The van der Waals surface area contributed by atoms with E-state index < -0.39 is 28.9 Å². The number of hydrogen-bond acceptors (Lipinski definition) is 8. The highest BCUT2D eigenvalue weighted by Crippen LogP contribution is 2.43. The van der Waals surface area contributed by atoms with Crippen molar-refractivity contribution in [3.8, 4) is 11.1 Å². The molecule has 15 heteroatoms. The van der Waals surface area contributed by atoms with Crippen molar-refractivity contribution in [3.05, 3.63) is 51.0 Å². The van der Waals surface area contributed by atoms with Gasteiger partial charge in [0.05, 0.1) is 16.8 Å². The number of aromatic nitrogens is 5. The molecule has 4 heterocycles. The molecule has 0 saturated carbocycles. The highest BCUT2D eigenvalue weighted by atomic mass is 32.1. The lowest BCUT2D eigenvalue weighted by atomic mass is 10.0. The predicted molar refractivity (Wildman–Crippen MR) is 122 cm³/mol. The normalized spacial score (nSPS) is 11.3. The summed E-state index contributed by atoms with van der Waals surface area (Å²) in [4.78, 5) is 39.1. The molecule has 0 atom stereocenters. The van der Waals surface area contributed by atoms with E-state index in [0.717, 1.165) is 17.5 Å². The molecule has 0 fully saturated rings. The molecule has 35 heavy (non-hydrogen) atoms. The predicted octanol–water partition coefficient (Wildman–Crippen LogP) is 3.18. The Morgan fingerprint density at radius 1 is 1.29 bits per heavy atom. The number of halogens is 2. The molecule has 4 aromatic heterocycles. The number of fused-ring (bicyclic) bond motifs is 1. The molecule has 4 aromatic rings. The van der Waals surface area contributed by atoms with Gasteiger partial charge >= 0.3 is 5.69 Å². The summed E-state index contributed by atoms with van der Waals surface area (Å²) in [5, 5.41) is 21.7. The molecule has 0 radical (unpaired) electrons. The number of hydrogen-bond donors (Lipinski definition) is 2. The number of nitro groups is 1. The SMILES string of the molecule is Cc1c(-c2cc(C(F)F)nc3sc(C(N)=O)c(NC(=O)CCn4cc([N+](=O)[O-])cn4)c23)cnn1C. The van der Waals surface area contributed by atoms with Gasteiger partial charge in [-0.05, 0) is 18.6 Å². The van der Waals surface area contributed by atoms with E-state index in [-0.39, 0.29) is 39.4 Å².